The van der Waals surface area contributed by atoms with E-state index in [-0.39, 0.29) is 29.9 Å². The highest BCUT2D eigenvalue weighted by Gasteiger charge is 2.23. The number of hydrogen-bond acceptors (Lipinski definition) is 4. The largest absolute Gasteiger partial charge is 0.370 e. The van der Waals surface area contributed by atoms with Gasteiger partial charge in [0.2, 0.25) is 5.91 Å². The Balaban J connectivity index is 0.00000288. The van der Waals surface area contributed by atoms with Gasteiger partial charge in [-0.1, -0.05) is 12.1 Å². The van der Waals surface area contributed by atoms with Gasteiger partial charge < -0.3 is 20.5 Å². The number of aliphatic imine (C=N–C) groups is 1. The number of guanidine groups is 1. The van der Waals surface area contributed by atoms with Gasteiger partial charge in [-0.2, -0.15) is 0 Å². The summed E-state index contributed by atoms with van der Waals surface area (Å²) in [5.74, 6) is 1.70. The zero-order valence-electron chi connectivity index (χ0n) is 14.5. The van der Waals surface area contributed by atoms with Crippen molar-refractivity contribution in [1.29, 1.82) is 0 Å². The number of piperidine rings is 1. The Hall–Kier alpha value is -1.32. The first-order valence-electron chi connectivity index (χ1n) is 8.38. The molecule has 1 saturated heterocycles. The molecule has 1 unspecified atom stereocenters. The molecule has 1 aromatic heterocycles. The van der Waals surface area contributed by atoms with E-state index in [4.69, 9.17) is 10.3 Å². The summed E-state index contributed by atoms with van der Waals surface area (Å²) in [5.41, 5.74) is 6.28. The van der Waals surface area contributed by atoms with E-state index < -0.39 is 0 Å². The van der Waals surface area contributed by atoms with E-state index >= 15 is 0 Å². The lowest BCUT2D eigenvalue weighted by atomic mass is 9.95. The van der Waals surface area contributed by atoms with E-state index in [1.165, 1.54) is 0 Å². The Morgan fingerprint density at radius 2 is 2.33 bits per heavy atom. The molecule has 0 saturated carbocycles. The lowest BCUT2D eigenvalue weighted by molar-refractivity contribution is -0.119. The molecule has 136 valence electrons. The Morgan fingerprint density at radius 3 is 2.96 bits per heavy atom. The van der Waals surface area contributed by atoms with Crippen LogP contribution in [-0.2, 0) is 17.8 Å². The van der Waals surface area contributed by atoms with Crippen LogP contribution in [0.3, 0.4) is 0 Å². The number of nitrogens with zero attached hydrogens (tertiary/aromatic N) is 3. The lowest BCUT2D eigenvalue weighted by Crippen LogP contribution is -2.47. The number of halogens is 1. The fraction of sp³-hybridized carbons (Fsp3) is 0.688. The molecule has 7 nitrogen and oxygen atoms in total. The third kappa shape index (κ3) is 6.29. The molecule has 2 rings (SSSR count). The predicted octanol–water partition coefficient (Wildman–Crippen LogP) is 1.91. The number of nitrogens with one attached hydrogen (secondary N) is 1. The van der Waals surface area contributed by atoms with Crippen molar-refractivity contribution in [2.24, 2.45) is 16.6 Å². The lowest BCUT2D eigenvalue weighted by Gasteiger charge is -2.34. The summed E-state index contributed by atoms with van der Waals surface area (Å²) in [5, 5.41) is 7.30. The van der Waals surface area contributed by atoms with Gasteiger partial charge in [0.15, 0.2) is 11.7 Å². The zero-order chi connectivity index (χ0) is 16.7. The standard InChI is InChI=1S/C16H27N5O2.HI/c1-3-13-9-14(23-20-13)10-19-16(18-4-2)21-7-5-6-12(11-21)8-15(17)22;/h9,12H,3-8,10-11H2,1-2H3,(H2,17,22)(H,18,19);1H. The van der Waals surface area contributed by atoms with Gasteiger partial charge in [0.25, 0.3) is 0 Å². The van der Waals surface area contributed by atoms with E-state index in [1.807, 2.05) is 19.9 Å². The Labute approximate surface area is 160 Å². The second-order valence-corrected chi connectivity index (χ2v) is 5.93. The van der Waals surface area contributed by atoms with Crippen molar-refractivity contribution in [1.82, 2.24) is 15.4 Å². The molecule has 0 spiro atoms. The average molecular weight is 449 g/mol. The topological polar surface area (TPSA) is 96.8 Å². The minimum atomic E-state index is -0.229. The average Bonchev–Trinajstić information content (AvgIpc) is 2.99. The van der Waals surface area contributed by atoms with Crippen LogP contribution in [-0.4, -0.2) is 41.6 Å². The SMILES string of the molecule is CCNC(=NCc1cc(CC)no1)N1CCCC(CC(N)=O)C1.I. The fourth-order valence-electron chi connectivity index (χ4n) is 2.88. The summed E-state index contributed by atoms with van der Waals surface area (Å²) in [4.78, 5) is 18.0. The van der Waals surface area contributed by atoms with Crippen LogP contribution in [0.2, 0.25) is 0 Å². The number of aryl methyl sites for hydroxylation is 1. The predicted molar refractivity (Wildman–Crippen MR) is 104 cm³/mol. The summed E-state index contributed by atoms with van der Waals surface area (Å²) in [7, 11) is 0. The van der Waals surface area contributed by atoms with E-state index in [1.54, 1.807) is 0 Å². The molecule has 1 aromatic rings. The smallest absolute Gasteiger partial charge is 0.217 e. The number of nitrogens with two attached hydrogens (primary N) is 1. The molecule has 1 fully saturated rings. The number of primary amides is 1. The van der Waals surface area contributed by atoms with Crippen LogP contribution in [0.1, 0.15) is 44.6 Å². The van der Waals surface area contributed by atoms with Gasteiger partial charge in [-0.15, -0.1) is 24.0 Å². The third-order valence-corrected chi connectivity index (χ3v) is 4.00. The van der Waals surface area contributed by atoms with Crippen molar-refractivity contribution >= 4 is 35.8 Å². The third-order valence-electron chi connectivity index (χ3n) is 4.00. The minimum Gasteiger partial charge on any atom is -0.370 e. The second kappa shape index (κ2) is 10.5. The van der Waals surface area contributed by atoms with Crippen LogP contribution in [0.4, 0.5) is 0 Å². The van der Waals surface area contributed by atoms with Gasteiger partial charge in [-0.25, -0.2) is 4.99 Å². The summed E-state index contributed by atoms with van der Waals surface area (Å²) >= 11 is 0. The molecular weight excluding hydrogens is 421 g/mol. The first-order chi connectivity index (χ1) is 11.1. The van der Waals surface area contributed by atoms with Crippen LogP contribution in [0.5, 0.6) is 0 Å². The number of carbonyl (C=O) groups excluding carboxylic acids is 1. The van der Waals surface area contributed by atoms with Crippen molar-refractivity contribution < 1.29 is 9.32 Å². The van der Waals surface area contributed by atoms with Crippen LogP contribution >= 0.6 is 24.0 Å². The van der Waals surface area contributed by atoms with E-state index in [9.17, 15) is 4.79 Å². The van der Waals surface area contributed by atoms with Crippen molar-refractivity contribution in [2.45, 2.75) is 46.1 Å². The number of likely N-dealkylation sites (tertiary alicyclic amines) is 1. The number of hydrogen-bond donors (Lipinski definition) is 2. The molecule has 1 atom stereocenters. The summed E-state index contributed by atoms with van der Waals surface area (Å²) in [6.07, 6.45) is 3.39. The van der Waals surface area contributed by atoms with Crippen LogP contribution in [0.15, 0.2) is 15.6 Å². The van der Waals surface area contributed by atoms with E-state index in [2.05, 4.69) is 20.4 Å². The minimum absolute atomic E-state index is 0. The quantitative estimate of drug-likeness (QED) is 0.393. The highest BCUT2D eigenvalue weighted by molar-refractivity contribution is 14.0. The maximum atomic E-state index is 11.1. The first kappa shape index (κ1) is 20.7. The number of amides is 1. The molecule has 0 aliphatic carbocycles. The van der Waals surface area contributed by atoms with Gasteiger partial charge in [-0.3, -0.25) is 4.79 Å². The Kier molecular flexibility index (Phi) is 9.09. The van der Waals surface area contributed by atoms with Gasteiger partial charge in [0.1, 0.15) is 6.54 Å². The molecule has 0 radical (unpaired) electrons. The fourth-order valence-corrected chi connectivity index (χ4v) is 2.88. The van der Waals surface area contributed by atoms with Crippen molar-refractivity contribution in [2.75, 3.05) is 19.6 Å². The molecule has 24 heavy (non-hydrogen) atoms. The highest BCUT2D eigenvalue weighted by Crippen LogP contribution is 2.19. The van der Waals surface area contributed by atoms with Crippen LogP contribution in [0.25, 0.3) is 0 Å². The van der Waals surface area contributed by atoms with Gasteiger partial charge in [0, 0.05) is 32.1 Å². The van der Waals surface area contributed by atoms with Crippen molar-refractivity contribution in [3.8, 4) is 0 Å². The van der Waals surface area contributed by atoms with Crippen molar-refractivity contribution in [3.05, 3.63) is 17.5 Å². The van der Waals surface area contributed by atoms with Gasteiger partial charge >= 0.3 is 0 Å². The monoisotopic (exact) mass is 449 g/mol. The molecular formula is C16H28IN5O2. The van der Waals surface area contributed by atoms with Gasteiger partial charge in [0.05, 0.1) is 5.69 Å². The van der Waals surface area contributed by atoms with Crippen LogP contribution < -0.4 is 11.1 Å². The Morgan fingerprint density at radius 1 is 1.54 bits per heavy atom. The zero-order valence-corrected chi connectivity index (χ0v) is 16.8. The molecule has 2 heterocycles. The highest BCUT2D eigenvalue weighted by atomic mass is 127. The molecule has 1 amide bonds. The molecule has 3 N–H and O–H groups in total. The molecule has 8 heteroatoms. The number of aromatic nitrogens is 1. The second-order valence-electron chi connectivity index (χ2n) is 5.93. The number of carbonyl (C=O) groups is 1. The molecule has 0 aromatic carbocycles. The molecule has 0 bridgehead atoms. The summed E-state index contributed by atoms with van der Waals surface area (Å²) in [6.45, 7) is 7.10. The Bertz CT molecular complexity index is 546. The number of rotatable bonds is 6. The van der Waals surface area contributed by atoms with Crippen molar-refractivity contribution in [3.63, 3.8) is 0 Å². The summed E-state index contributed by atoms with van der Waals surface area (Å²) < 4.78 is 5.28. The first-order valence-corrected chi connectivity index (χ1v) is 8.38. The molecule has 1 aliphatic heterocycles. The molecule has 1 aliphatic rings. The normalized spacial score (nSPS) is 18.2. The summed E-state index contributed by atoms with van der Waals surface area (Å²) in [6, 6.07) is 1.94. The van der Waals surface area contributed by atoms with Gasteiger partial charge in [-0.05, 0) is 32.1 Å². The maximum absolute atomic E-state index is 11.1. The van der Waals surface area contributed by atoms with E-state index in [0.717, 1.165) is 56.3 Å². The maximum Gasteiger partial charge on any atom is 0.217 e. The van der Waals surface area contributed by atoms with E-state index in [0.29, 0.717) is 18.9 Å². The van der Waals surface area contributed by atoms with Crippen LogP contribution in [0, 0.1) is 5.92 Å².